The first-order valence-electron chi connectivity index (χ1n) is 35.5. The van der Waals surface area contributed by atoms with Crippen molar-refractivity contribution in [2.24, 2.45) is 0 Å². The van der Waals surface area contributed by atoms with E-state index in [0.717, 1.165) is 80.5 Å². The second-order valence-electron chi connectivity index (χ2n) is 29.7. The average Bonchev–Trinajstić information content (AvgIpc) is 0.884. The van der Waals surface area contributed by atoms with Crippen LogP contribution >= 0.6 is 19.5 Å². The highest BCUT2D eigenvalue weighted by Crippen LogP contribution is 2.60. The van der Waals surface area contributed by atoms with E-state index in [9.17, 15) is 9.59 Å². The molecule has 3 N–H and O–H groups in total. The zero-order chi connectivity index (χ0) is 70.4. The number of fused-ring (bicyclic) bond motifs is 8. The molecule has 0 radical (unpaired) electrons. The van der Waals surface area contributed by atoms with Crippen LogP contribution in [0.1, 0.15) is 199 Å². The van der Waals surface area contributed by atoms with Gasteiger partial charge < -0.3 is 35.2 Å². The molecule has 2 amide bonds. The lowest BCUT2D eigenvalue weighted by Gasteiger charge is -2.43. The van der Waals surface area contributed by atoms with Crippen LogP contribution in [0, 0.1) is 13.1 Å². The number of piperidine rings is 2. The largest absolute Gasteiger partial charge is 0.444 e. The van der Waals surface area contributed by atoms with Crippen molar-refractivity contribution in [1.29, 1.82) is 0 Å². The molecule has 514 valence electrons. The van der Waals surface area contributed by atoms with Crippen molar-refractivity contribution in [3.05, 3.63) is 178 Å². The molecule has 13 rings (SSSR count). The number of benzene rings is 7. The van der Waals surface area contributed by atoms with Gasteiger partial charge in [-0.1, -0.05) is 231 Å². The van der Waals surface area contributed by atoms with E-state index in [-0.39, 0.29) is 33.3 Å². The van der Waals surface area contributed by atoms with Gasteiger partial charge in [-0.3, -0.25) is 0 Å². The molecule has 3 spiro atoms. The lowest BCUT2D eigenvalue weighted by molar-refractivity contribution is 0.0161. The summed E-state index contributed by atoms with van der Waals surface area (Å²) in [5, 5.41) is 18.4. The Balaban J connectivity index is 0.000000179. The molecule has 2 saturated heterocycles. The van der Waals surface area contributed by atoms with Crippen molar-refractivity contribution < 1.29 is 19.1 Å². The van der Waals surface area contributed by atoms with E-state index in [1.165, 1.54) is 92.5 Å². The molecule has 7 aromatic rings. The van der Waals surface area contributed by atoms with Crippen LogP contribution in [0.3, 0.4) is 0 Å². The summed E-state index contributed by atoms with van der Waals surface area (Å²) >= 11 is 6.07. The van der Waals surface area contributed by atoms with Gasteiger partial charge in [0.25, 0.3) is 0 Å². The van der Waals surface area contributed by atoms with Gasteiger partial charge in [-0.15, -0.1) is 0 Å². The number of likely N-dealkylation sites (tertiary alicyclic amines) is 2. The average molecular weight is 1340 g/mol. The first-order chi connectivity index (χ1) is 45.6. The third-order valence-corrected chi connectivity index (χ3v) is 22.7. The quantitative estimate of drug-likeness (QED) is 0.117. The lowest BCUT2D eigenvalue weighted by atomic mass is 9.71. The fourth-order valence-electron chi connectivity index (χ4n) is 15.0. The smallest absolute Gasteiger partial charge is 0.410 e. The summed E-state index contributed by atoms with van der Waals surface area (Å²) in [6.45, 7) is 57.8. The Bertz CT molecular complexity index is 3830. The first-order valence-corrected chi connectivity index (χ1v) is 37.2. The maximum atomic E-state index is 12.2. The predicted octanol–water partition coefficient (Wildman–Crippen LogP) is 23.3. The summed E-state index contributed by atoms with van der Waals surface area (Å²) in [4.78, 5) is 35.0. The zero-order valence-corrected chi connectivity index (χ0v) is 62.9. The molecule has 7 aromatic carbocycles. The minimum Gasteiger partial charge on any atom is -0.444 e. The fourth-order valence-corrected chi connectivity index (χ4v) is 19.3. The van der Waals surface area contributed by atoms with Gasteiger partial charge in [-0.05, 0) is 169 Å². The van der Waals surface area contributed by atoms with E-state index in [4.69, 9.17) is 34.2 Å². The van der Waals surface area contributed by atoms with Crippen LogP contribution in [0.5, 0.6) is 0 Å². The molecule has 0 atom stereocenters. The second kappa shape index (κ2) is 32.4. The van der Waals surface area contributed by atoms with E-state index >= 15 is 0 Å². The standard InChI is InChI=1S/C28H31P.C18H23N3O2.C17H23ClN2O2.C14H16N2.3C2H6/c1-27(2,3)29(28(4,5)6)25-19-18-21-13-8-10-16-23(21)26(25)24-17-11-14-20-12-7-9-15-22(20)24;1-17(2,3)23-16(22)21-9-7-18(8-10-21)12-20-15-11-13(19-4)5-6-14(15)18;1-16(2,3)22-15(21)20-8-6-17(7-9-20)11-19-14-10-12(18)4-5-13(14)17;1-15-11-5-6-12-13(9-11)16-10-14(12)7-3-2-4-8-14;3*1-2/h7-19H,1-6H3;5-6,11,20H,7-10,12H2,1-3H3;4-5,10,19H,6-9,11H2,1-3H3;5-6,9,16H,2-4,7-8,10H2;3*1-2H3. The first kappa shape index (κ1) is 76.1. The van der Waals surface area contributed by atoms with Crippen molar-refractivity contribution >= 4 is 87.0 Å². The molecule has 3 fully saturated rings. The molecule has 5 aliphatic heterocycles. The van der Waals surface area contributed by atoms with Gasteiger partial charge in [0.05, 0.1) is 13.1 Å². The molecule has 13 heteroatoms. The van der Waals surface area contributed by atoms with Crippen molar-refractivity contribution in [1.82, 2.24) is 9.80 Å². The topological polar surface area (TPSA) is 104 Å². The van der Waals surface area contributed by atoms with Crippen LogP contribution in [-0.2, 0) is 25.7 Å². The number of ether oxygens (including phenoxy) is 2. The van der Waals surface area contributed by atoms with Crippen molar-refractivity contribution in [2.75, 3.05) is 61.8 Å². The molecule has 11 nitrogen and oxygen atoms in total. The number of nitrogens with zero attached hydrogens (tertiary/aromatic N) is 4. The Kier molecular flexibility index (Phi) is 25.7. The molecule has 0 bridgehead atoms. The third kappa shape index (κ3) is 17.9. The Morgan fingerprint density at radius 3 is 1.28 bits per heavy atom. The summed E-state index contributed by atoms with van der Waals surface area (Å²) in [5.41, 5.74) is 11.4. The summed E-state index contributed by atoms with van der Waals surface area (Å²) in [7, 11) is -0.411. The van der Waals surface area contributed by atoms with E-state index in [0.29, 0.717) is 24.2 Å². The van der Waals surface area contributed by atoms with Crippen molar-refractivity contribution in [3.8, 4) is 11.1 Å². The number of carbonyl (C=O) groups excluding carboxylic acids is 2. The zero-order valence-electron chi connectivity index (χ0n) is 61.3. The van der Waals surface area contributed by atoms with Gasteiger partial charge in [0, 0.05) is 84.1 Å². The second-order valence-corrected chi connectivity index (χ2v) is 33.9. The van der Waals surface area contributed by atoms with Crippen LogP contribution in [0.25, 0.3) is 42.4 Å². The van der Waals surface area contributed by atoms with Gasteiger partial charge in [-0.2, -0.15) is 0 Å². The Morgan fingerprint density at radius 2 is 0.854 bits per heavy atom. The van der Waals surface area contributed by atoms with Gasteiger partial charge in [0.1, 0.15) is 11.2 Å². The van der Waals surface area contributed by atoms with Crippen molar-refractivity contribution in [2.45, 2.75) is 220 Å². The minimum absolute atomic E-state index is 0.0778. The number of rotatable bonds is 2. The van der Waals surface area contributed by atoms with Gasteiger partial charge >= 0.3 is 12.2 Å². The van der Waals surface area contributed by atoms with E-state index in [1.807, 2.05) is 129 Å². The Labute approximate surface area is 583 Å². The molecular formula is C83H111ClN7O4P. The number of hydrogen-bond acceptors (Lipinski definition) is 7. The van der Waals surface area contributed by atoms with E-state index < -0.39 is 19.1 Å². The molecule has 0 aromatic heterocycles. The van der Waals surface area contributed by atoms with Crippen LogP contribution in [0.2, 0.25) is 5.02 Å². The Hall–Kier alpha value is -7.30. The highest BCUT2D eigenvalue weighted by molar-refractivity contribution is 7.68. The molecule has 1 aliphatic carbocycles. The molecular weight excluding hydrogens is 1230 g/mol. The predicted molar refractivity (Wildman–Crippen MR) is 412 cm³/mol. The summed E-state index contributed by atoms with van der Waals surface area (Å²) in [5.74, 6) is 0. The fraction of sp³-hybridized carbons (Fsp3) is 0.494. The number of hydrogen-bond donors (Lipinski definition) is 3. The molecule has 1 saturated carbocycles. The normalized spacial score (nSPS) is 16.6. The highest BCUT2D eigenvalue weighted by Gasteiger charge is 2.45. The molecule has 5 heterocycles. The van der Waals surface area contributed by atoms with E-state index in [1.54, 1.807) is 0 Å². The summed E-state index contributed by atoms with van der Waals surface area (Å²) < 4.78 is 10.9. The molecule has 96 heavy (non-hydrogen) atoms. The monoisotopic (exact) mass is 1340 g/mol. The van der Waals surface area contributed by atoms with E-state index in [2.05, 4.69) is 164 Å². The number of amides is 2. The number of halogens is 1. The van der Waals surface area contributed by atoms with Gasteiger partial charge in [-0.25, -0.2) is 19.3 Å². The van der Waals surface area contributed by atoms with Crippen LogP contribution in [0.15, 0.2) is 133 Å². The lowest BCUT2D eigenvalue weighted by Crippen LogP contribution is -2.47. The summed E-state index contributed by atoms with van der Waals surface area (Å²) in [6.07, 6.45) is 10.0. The maximum Gasteiger partial charge on any atom is 0.410 e. The van der Waals surface area contributed by atoms with Gasteiger partial charge in [0.15, 0.2) is 11.4 Å². The Morgan fingerprint density at radius 1 is 0.469 bits per heavy atom. The number of carbonyl (C=O) groups is 2. The van der Waals surface area contributed by atoms with Crippen LogP contribution < -0.4 is 21.3 Å². The highest BCUT2D eigenvalue weighted by atomic mass is 35.5. The van der Waals surface area contributed by atoms with Crippen LogP contribution in [-0.4, -0.2) is 89.3 Å². The van der Waals surface area contributed by atoms with Crippen LogP contribution in [0.4, 0.5) is 38.0 Å². The molecule has 0 unspecified atom stereocenters. The third-order valence-electron chi connectivity index (χ3n) is 18.9. The molecule has 6 aliphatic rings. The number of nitrogens with one attached hydrogen (secondary N) is 3. The maximum absolute atomic E-state index is 12.2. The SMILES string of the molecule is CC.CC.CC.CC(C)(C)OC(=O)N1CCC2(CC1)CNc1cc(Cl)ccc12.CC(C)(C)P(c1ccc2ccccc2c1-c1cccc2ccccc12)C(C)(C)C.[C-]#[N+]c1ccc2c(c1)NCC21CCCCC1.[C-]#[N+]c1ccc2c(c1)NCC21CCN(C(=O)OC(C)(C)C)CC1. The summed E-state index contributed by atoms with van der Waals surface area (Å²) in [6, 6.07) is 47.2. The van der Waals surface area contributed by atoms with Crippen molar-refractivity contribution in [3.63, 3.8) is 0 Å². The van der Waals surface area contributed by atoms with Gasteiger partial charge in [0.2, 0.25) is 0 Å². The minimum atomic E-state index is -0.454. The number of anilines is 3.